The first-order valence-electron chi connectivity index (χ1n) is 5.68. The topological polar surface area (TPSA) is 65.4 Å². The van der Waals surface area contributed by atoms with E-state index in [0.717, 1.165) is 5.75 Å². The Bertz CT molecular complexity index is 423. The molecule has 0 aliphatic heterocycles. The van der Waals surface area contributed by atoms with Gasteiger partial charge in [-0.3, -0.25) is 9.69 Å². The summed E-state index contributed by atoms with van der Waals surface area (Å²) in [7, 11) is 3.47. The number of ether oxygens (including phenoxy) is 1. The van der Waals surface area contributed by atoms with Gasteiger partial charge in [-0.05, 0) is 31.3 Å². The van der Waals surface area contributed by atoms with E-state index >= 15 is 0 Å². The van der Waals surface area contributed by atoms with Crippen molar-refractivity contribution < 1.29 is 9.53 Å². The number of nitriles is 1. The van der Waals surface area contributed by atoms with Crippen LogP contribution in [-0.2, 0) is 4.79 Å². The molecule has 0 aliphatic carbocycles. The third-order valence-corrected chi connectivity index (χ3v) is 2.42. The van der Waals surface area contributed by atoms with E-state index in [1.165, 1.54) is 0 Å². The maximum Gasteiger partial charge on any atom is 0.233 e. The molecule has 0 unspecified atom stereocenters. The molecule has 1 aromatic carbocycles. The van der Waals surface area contributed by atoms with Crippen molar-refractivity contribution in [3.8, 4) is 11.8 Å². The first kappa shape index (κ1) is 14.0. The van der Waals surface area contributed by atoms with Crippen molar-refractivity contribution in [2.75, 3.05) is 33.8 Å². The third kappa shape index (κ3) is 4.85. The number of carbonyl (C=O) groups excluding carboxylic acids is 1. The highest BCUT2D eigenvalue weighted by Crippen LogP contribution is 2.11. The van der Waals surface area contributed by atoms with Gasteiger partial charge in [0.2, 0.25) is 5.91 Å². The van der Waals surface area contributed by atoms with Crippen LogP contribution < -0.4 is 10.1 Å². The normalized spacial score (nSPS) is 9.89. The van der Waals surface area contributed by atoms with Gasteiger partial charge in [0.25, 0.3) is 0 Å². The predicted molar refractivity (Wildman–Crippen MR) is 68.2 cm³/mol. The number of rotatable bonds is 6. The molecule has 0 radical (unpaired) electrons. The van der Waals surface area contributed by atoms with Crippen LogP contribution in [0.3, 0.4) is 0 Å². The van der Waals surface area contributed by atoms with Crippen molar-refractivity contribution in [3.05, 3.63) is 29.8 Å². The largest absolute Gasteiger partial charge is 0.492 e. The first-order chi connectivity index (χ1) is 8.65. The Morgan fingerprint density at radius 1 is 1.44 bits per heavy atom. The molecule has 0 aromatic heterocycles. The van der Waals surface area contributed by atoms with Crippen LogP contribution >= 0.6 is 0 Å². The second-order valence-corrected chi connectivity index (χ2v) is 3.90. The summed E-state index contributed by atoms with van der Waals surface area (Å²) >= 11 is 0. The second kappa shape index (κ2) is 7.30. The van der Waals surface area contributed by atoms with Crippen LogP contribution in [0.5, 0.6) is 5.75 Å². The Kier molecular flexibility index (Phi) is 5.68. The summed E-state index contributed by atoms with van der Waals surface area (Å²) < 4.78 is 5.51. The highest BCUT2D eigenvalue weighted by atomic mass is 16.5. The van der Waals surface area contributed by atoms with Gasteiger partial charge in [0, 0.05) is 13.6 Å². The maximum absolute atomic E-state index is 11.1. The fourth-order valence-corrected chi connectivity index (χ4v) is 1.35. The quantitative estimate of drug-likeness (QED) is 0.800. The molecule has 0 heterocycles. The summed E-state index contributed by atoms with van der Waals surface area (Å²) in [4.78, 5) is 13.0. The van der Waals surface area contributed by atoms with Gasteiger partial charge in [0.1, 0.15) is 12.4 Å². The molecule has 0 bridgehead atoms. The van der Waals surface area contributed by atoms with Gasteiger partial charge in [-0.25, -0.2) is 0 Å². The molecule has 1 N–H and O–H groups in total. The van der Waals surface area contributed by atoms with Crippen molar-refractivity contribution in [1.82, 2.24) is 10.2 Å². The van der Waals surface area contributed by atoms with Crippen LogP contribution in [0.2, 0.25) is 0 Å². The Morgan fingerprint density at radius 2 is 2.11 bits per heavy atom. The maximum atomic E-state index is 11.1. The molecule has 0 atom stereocenters. The van der Waals surface area contributed by atoms with Gasteiger partial charge in [0.05, 0.1) is 18.2 Å². The molecule has 1 amide bonds. The molecule has 0 saturated carbocycles. The number of hydrogen-bond donors (Lipinski definition) is 1. The average molecular weight is 247 g/mol. The van der Waals surface area contributed by atoms with Crippen LogP contribution in [0.15, 0.2) is 24.3 Å². The van der Waals surface area contributed by atoms with Gasteiger partial charge < -0.3 is 10.1 Å². The summed E-state index contributed by atoms with van der Waals surface area (Å²) in [5.41, 5.74) is 0.610. The summed E-state index contributed by atoms with van der Waals surface area (Å²) in [6.07, 6.45) is 0. The van der Waals surface area contributed by atoms with Crippen molar-refractivity contribution in [2.24, 2.45) is 0 Å². The van der Waals surface area contributed by atoms with E-state index in [1.54, 1.807) is 31.3 Å². The number of hydrogen-bond acceptors (Lipinski definition) is 4. The molecule has 0 aliphatic rings. The van der Waals surface area contributed by atoms with Gasteiger partial charge in [-0.1, -0.05) is 0 Å². The minimum Gasteiger partial charge on any atom is -0.492 e. The Balaban J connectivity index is 2.28. The molecular formula is C13H17N3O2. The highest BCUT2D eigenvalue weighted by Gasteiger charge is 2.04. The van der Waals surface area contributed by atoms with Crippen LogP contribution in [0.4, 0.5) is 0 Å². The van der Waals surface area contributed by atoms with Crippen LogP contribution in [0.1, 0.15) is 5.56 Å². The summed E-state index contributed by atoms with van der Waals surface area (Å²) in [6, 6.07) is 8.99. The number of nitrogens with zero attached hydrogens (tertiary/aromatic N) is 2. The zero-order valence-electron chi connectivity index (χ0n) is 10.6. The van der Waals surface area contributed by atoms with E-state index in [9.17, 15) is 4.79 Å². The van der Waals surface area contributed by atoms with Crippen molar-refractivity contribution in [2.45, 2.75) is 0 Å². The van der Waals surface area contributed by atoms with Crippen LogP contribution in [0, 0.1) is 11.3 Å². The number of amides is 1. The Morgan fingerprint density at radius 3 is 2.67 bits per heavy atom. The van der Waals surface area contributed by atoms with E-state index in [2.05, 4.69) is 5.32 Å². The van der Waals surface area contributed by atoms with Gasteiger partial charge in [-0.15, -0.1) is 0 Å². The standard InChI is InChI=1S/C13H17N3O2/c1-15-13(17)10-16(2)7-8-18-12-5-3-11(9-14)4-6-12/h3-6H,7-8,10H2,1-2H3,(H,15,17). The third-order valence-electron chi connectivity index (χ3n) is 2.42. The molecule has 0 saturated heterocycles. The SMILES string of the molecule is CNC(=O)CN(C)CCOc1ccc(C#N)cc1. The van der Waals surface area contributed by atoms with Gasteiger partial charge in [-0.2, -0.15) is 5.26 Å². The Labute approximate surface area is 107 Å². The lowest BCUT2D eigenvalue weighted by molar-refractivity contribution is -0.121. The lowest BCUT2D eigenvalue weighted by Crippen LogP contribution is -2.35. The zero-order valence-corrected chi connectivity index (χ0v) is 10.6. The van der Waals surface area contributed by atoms with Crippen molar-refractivity contribution in [1.29, 1.82) is 5.26 Å². The zero-order chi connectivity index (χ0) is 13.4. The lowest BCUT2D eigenvalue weighted by Gasteiger charge is -2.15. The van der Waals surface area contributed by atoms with E-state index < -0.39 is 0 Å². The monoisotopic (exact) mass is 247 g/mol. The summed E-state index contributed by atoms with van der Waals surface area (Å²) in [6.45, 7) is 1.51. The number of benzene rings is 1. The van der Waals surface area contributed by atoms with E-state index in [0.29, 0.717) is 25.3 Å². The second-order valence-electron chi connectivity index (χ2n) is 3.90. The van der Waals surface area contributed by atoms with Crippen LogP contribution in [0.25, 0.3) is 0 Å². The number of likely N-dealkylation sites (N-methyl/N-ethyl adjacent to an activating group) is 2. The number of nitrogens with one attached hydrogen (secondary N) is 1. The fraction of sp³-hybridized carbons (Fsp3) is 0.385. The van der Waals surface area contributed by atoms with Gasteiger partial charge in [0.15, 0.2) is 0 Å². The molecule has 0 fully saturated rings. The first-order valence-corrected chi connectivity index (χ1v) is 5.68. The molecular weight excluding hydrogens is 230 g/mol. The molecule has 5 heteroatoms. The van der Waals surface area contributed by atoms with E-state index in [4.69, 9.17) is 10.00 Å². The predicted octanol–water partition coefficient (Wildman–Crippen LogP) is 0.615. The summed E-state index contributed by atoms with van der Waals surface area (Å²) in [5.74, 6) is 0.707. The minimum atomic E-state index is -0.0177. The van der Waals surface area contributed by atoms with Crippen molar-refractivity contribution >= 4 is 5.91 Å². The average Bonchev–Trinajstić information content (AvgIpc) is 2.39. The molecule has 96 valence electrons. The molecule has 5 nitrogen and oxygen atoms in total. The summed E-state index contributed by atoms with van der Waals surface area (Å²) in [5, 5.41) is 11.2. The lowest BCUT2D eigenvalue weighted by atomic mass is 10.2. The van der Waals surface area contributed by atoms with E-state index in [-0.39, 0.29) is 5.91 Å². The molecule has 0 spiro atoms. The van der Waals surface area contributed by atoms with Crippen LogP contribution in [-0.4, -0.2) is 44.6 Å². The number of carbonyl (C=O) groups is 1. The molecule has 18 heavy (non-hydrogen) atoms. The van der Waals surface area contributed by atoms with Gasteiger partial charge >= 0.3 is 0 Å². The smallest absolute Gasteiger partial charge is 0.233 e. The molecule has 1 aromatic rings. The Hall–Kier alpha value is -2.06. The minimum absolute atomic E-state index is 0.0177. The fourth-order valence-electron chi connectivity index (χ4n) is 1.35. The molecule has 1 rings (SSSR count). The van der Waals surface area contributed by atoms with E-state index in [1.807, 2.05) is 18.0 Å². The highest BCUT2D eigenvalue weighted by molar-refractivity contribution is 5.77. The van der Waals surface area contributed by atoms with Crippen molar-refractivity contribution in [3.63, 3.8) is 0 Å².